The predicted molar refractivity (Wildman–Crippen MR) is 72.3 cm³/mol. The van der Waals surface area contributed by atoms with Crippen LogP contribution in [0.25, 0.3) is 16.9 Å². The van der Waals surface area contributed by atoms with Crippen LogP contribution >= 0.6 is 0 Å². The van der Waals surface area contributed by atoms with E-state index in [-0.39, 0.29) is 5.69 Å². The largest absolute Gasteiger partial charge is 0.477 e. The first-order valence-corrected chi connectivity index (χ1v) is 5.95. The van der Waals surface area contributed by atoms with Crippen LogP contribution in [-0.4, -0.2) is 20.5 Å². The van der Waals surface area contributed by atoms with Crippen LogP contribution in [0, 0.1) is 6.92 Å². The normalized spacial score (nSPS) is 10.8. The maximum Gasteiger partial charge on any atom is 0.354 e. The summed E-state index contributed by atoms with van der Waals surface area (Å²) in [5, 5.41) is 9.36. The Bertz CT molecular complexity index is 760. The van der Waals surface area contributed by atoms with Crippen molar-refractivity contribution in [1.29, 1.82) is 0 Å². The number of nitrogens with zero attached hydrogens (tertiary/aromatic N) is 2. The number of fused-ring (bicyclic) bond motifs is 1. The van der Waals surface area contributed by atoms with Crippen LogP contribution in [-0.2, 0) is 0 Å². The van der Waals surface area contributed by atoms with E-state index in [2.05, 4.69) is 4.98 Å². The third-order valence-electron chi connectivity index (χ3n) is 3.09. The predicted octanol–water partition coefficient (Wildman–Crippen LogP) is 3.01. The van der Waals surface area contributed by atoms with Crippen LogP contribution in [0.15, 0.2) is 48.5 Å². The summed E-state index contributed by atoms with van der Waals surface area (Å²) in [6.07, 6.45) is 0. The number of aromatic nitrogens is 2. The number of pyridine rings is 1. The van der Waals surface area contributed by atoms with Gasteiger partial charge in [-0.3, -0.25) is 4.40 Å². The van der Waals surface area contributed by atoms with Gasteiger partial charge in [-0.1, -0.05) is 36.4 Å². The lowest BCUT2D eigenvalue weighted by Gasteiger charge is -2.07. The van der Waals surface area contributed by atoms with Crippen molar-refractivity contribution in [3.05, 3.63) is 59.9 Å². The Labute approximate surface area is 110 Å². The third kappa shape index (κ3) is 1.78. The van der Waals surface area contributed by atoms with Gasteiger partial charge >= 0.3 is 5.97 Å². The number of benzene rings is 1. The van der Waals surface area contributed by atoms with Gasteiger partial charge < -0.3 is 5.11 Å². The molecule has 19 heavy (non-hydrogen) atoms. The lowest BCUT2D eigenvalue weighted by atomic mass is 10.1. The van der Waals surface area contributed by atoms with Gasteiger partial charge in [0.2, 0.25) is 0 Å². The molecule has 0 bridgehead atoms. The summed E-state index contributed by atoms with van der Waals surface area (Å²) in [7, 11) is 0. The number of aromatic carboxylic acids is 1. The number of imidazole rings is 1. The Morgan fingerprint density at radius 3 is 2.53 bits per heavy atom. The van der Waals surface area contributed by atoms with E-state index >= 15 is 0 Å². The number of carbonyl (C=O) groups is 1. The molecule has 0 saturated heterocycles. The molecule has 3 aromatic rings. The van der Waals surface area contributed by atoms with E-state index in [1.807, 2.05) is 48.5 Å². The van der Waals surface area contributed by atoms with E-state index in [1.165, 1.54) is 0 Å². The lowest BCUT2D eigenvalue weighted by molar-refractivity contribution is 0.0688. The maximum atomic E-state index is 11.4. The van der Waals surface area contributed by atoms with E-state index in [4.69, 9.17) is 0 Å². The molecule has 0 amide bonds. The second kappa shape index (κ2) is 4.24. The molecule has 0 spiro atoms. The molecule has 2 aromatic heterocycles. The number of hydrogen-bond acceptors (Lipinski definition) is 2. The van der Waals surface area contributed by atoms with Crippen molar-refractivity contribution in [3.63, 3.8) is 0 Å². The summed E-state index contributed by atoms with van der Waals surface area (Å²) in [5.41, 5.74) is 3.19. The van der Waals surface area contributed by atoms with E-state index in [1.54, 1.807) is 11.3 Å². The Kier molecular flexibility index (Phi) is 2.56. The first-order valence-electron chi connectivity index (χ1n) is 5.95. The van der Waals surface area contributed by atoms with Crippen molar-refractivity contribution in [2.75, 3.05) is 0 Å². The van der Waals surface area contributed by atoms with Crippen molar-refractivity contribution in [2.45, 2.75) is 6.92 Å². The highest BCUT2D eigenvalue weighted by Crippen LogP contribution is 2.23. The van der Waals surface area contributed by atoms with Gasteiger partial charge in [0.1, 0.15) is 5.65 Å². The van der Waals surface area contributed by atoms with E-state index < -0.39 is 5.97 Å². The summed E-state index contributed by atoms with van der Waals surface area (Å²) in [4.78, 5) is 15.7. The third-order valence-corrected chi connectivity index (χ3v) is 3.09. The first-order chi connectivity index (χ1) is 9.18. The van der Waals surface area contributed by atoms with Gasteiger partial charge in [-0.25, -0.2) is 9.78 Å². The molecule has 4 nitrogen and oxygen atoms in total. The molecule has 0 aliphatic rings. The van der Waals surface area contributed by atoms with Crippen molar-refractivity contribution in [3.8, 4) is 11.3 Å². The summed E-state index contributed by atoms with van der Waals surface area (Å²) in [5.74, 6) is -0.964. The van der Waals surface area contributed by atoms with Gasteiger partial charge in [0, 0.05) is 0 Å². The van der Waals surface area contributed by atoms with Crippen molar-refractivity contribution in [2.24, 2.45) is 0 Å². The van der Waals surface area contributed by atoms with Gasteiger partial charge in [-0.05, 0) is 24.6 Å². The van der Waals surface area contributed by atoms with Crippen LogP contribution in [0.2, 0.25) is 0 Å². The molecule has 4 heteroatoms. The molecule has 0 aliphatic heterocycles. The van der Waals surface area contributed by atoms with Crippen molar-refractivity contribution < 1.29 is 9.90 Å². The fourth-order valence-electron chi connectivity index (χ4n) is 2.29. The van der Waals surface area contributed by atoms with Crippen LogP contribution in [0.3, 0.4) is 0 Å². The van der Waals surface area contributed by atoms with Crippen LogP contribution in [0.1, 0.15) is 16.2 Å². The highest BCUT2D eigenvalue weighted by atomic mass is 16.4. The van der Waals surface area contributed by atoms with Crippen molar-refractivity contribution >= 4 is 11.6 Å². The molecule has 0 atom stereocenters. The summed E-state index contributed by atoms with van der Waals surface area (Å²) >= 11 is 0. The molecular weight excluding hydrogens is 240 g/mol. The Morgan fingerprint density at radius 1 is 1.11 bits per heavy atom. The maximum absolute atomic E-state index is 11.4. The van der Waals surface area contributed by atoms with E-state index in [9.17, 15) is 9.90 Å². The number of carboxylic acid groups (broad SMARTS) is 1. The Hall–Kier alpha value is -2.62. The van der Waals surface area contributed by atoms with Gasteiger partial charge in [0.05, 0.1) is 11.4 Å². The average Bonchev–Trinajstić information content (AvgIpc) is 2.75. The number of carboxylic acids is 1. The van der Waals surface area contributed by atoms with Gasteiger partial charge in [-0.2, -0.15) is 0 Å². The van der Waals surface area contributed by atoms with Crippen LogP contribution in [0.5, 0.6) is 0 Å². The molecule has 0 aliphatic carbocycles. The monoisotopic (exact) mass is 252 g/mol. The molecular formula is C15H12N2O2. The zero-order valence-corrected chi connectivity index (χ0v) is 10.4. The lowest BCUT2D eigenvalue weighted by Crippen LogP contribution is -2.05. The molecule has 3 rings (SSSR count). The van der Waals surface area contributed by atoms with Gasteiger partial charge in [-0.15, -0.1) is 0 Å². The fraction of sp³-hybridized carbons (Fsp3) is 0.0667. The second-order valence-corrected chi connectivity index (χ2v) is 4.32. The van der Waals surface area contributed by atoms with E-state index in [0.717, 1.165) is 11.3 Å². The minimum atomic E-state index is -0.964. The van der Waals surface area contributed by atoms with Gasteiger partial charge in [0.15, 0.2) is 5.69 Å². The molecule has 0 saturated carbocycles. The second-order valence-electron chi connectivity index (χ2n) is 4.32. The smallest absolute Gasteiger partial charge is 0.354 e. The fourth-order valence-corrected chi connectivity index (χ4v) is 2.29. The number of rotatable bonds is 2. The average molecular weight is 252 g/mol. The van der Waals surface area contributed by atoms with Gasteiger partial charge in [0.25, 0.3) is 0 Å². The summed E-state index contributed by atoms with van der Waals surface area (Å²) in [6, 6.07) is 15.3. The summed E-state index contributed by atoms with van der Waals surface area (Å²) < 4.78 is 1.69. The highest BCUT2D eigenvalue weighted by molar-refractivity contribution is 5.89. The first kappa shape index (κ1) is 11.5. The molecule has 2 heterocycles. The molecule has 94 valence electrons. The minimum Gasteiger partial charge on any atom is -0.477 e. The highest BCUT2D eigenvalue weighted by Gasteiger charge is 2.17. The standard InChI is InChI=1S/C15H12N2O2/c1-10-14(15(18)19)17-12(8-5-9-13(17)16-10)11-6-3-2-4-7-11/h2-9H,1H3,(H,18,19). The van der Waals surface area contributed by atoms with Crippen molar-refractivity contribution in [1.82, 2.24) is 9.38 Å². The molecule has 0 unspecified atom stereocenters. The zero-order chi connectivity index (χ0) is 13.4. The van der Waals surface area contributed by atoms with Crippen LogP contribution < -0.4 is 0 Å². The molecule has 0 radical (unpaired) electrons. The minimum absolute atomic E-state index is 0.217. The summed E-state index contributed by atoms with van der Waals surface area (Å²) in [6.45, 7) is 1.71. The zero-order valence-electron chi connectivity index (χ0n) is 10.4. The molecule has 1 aromatic carbocycles. The SMILES string of the molecule is Cc1nc2cccc(-c3ccccc3)n2c1C(=O)O. The Balaban J connectivity index is 2.40. The topological polar surface area (TPSA) is 54.6 Å². The molecule has 0 fully saturated rings. The van der Waals surface area contributed by atoms with Crippen LogP contribution in [0.4, 0.5) is 0 Å². The quantitative estimate of drug-likeness (QED) is 0.762. The van der Waals surface area contributed by atoms with E-state index in [0.29, 0.717) is 11.3 Å². The number of hydrogen-bond donors (Lipinski definition) is 1. The number of aryl methyl sites for hydroxylation is 1. The Morgan fingerprint density at radius 2 is 1.84 bits per heavy atom. The molecule has 1 N–H and O–H groups in total.